The van der Waals surface area contributed by atoms with Crippen molar-refractivity contribution in [2.75, 3.05) is 11.5 Å². The summed E-state index contributed by atoms with van der Waals surface area (Å²) in [6.45, 7) is 8.64. The van der Waals surface area contributed by atoms with Crippen LogP contribution in [0.25, 0.3) is 0 Å². The fourth-order valence-corrected chi connectivity index (χ4v) is 1.74. The highest BCUT2D eigenvalue weighted by Gasteiger charge is 1.86. The van der Waals surface area contributed by atoms with Gasteiger partial charge < -0.3 is 0 Å². The third-order valence-corrected chi connectivity index (χ3v) is 2.68. The average molecular weight is 198 g/mol. The van der Waals surface area contributed by atoms with Crippen LogP contribution in [0.1, 0.15) is 40.5 Å². The first-order valence-corrected chi connectivity index (χ1v) is 6.13. The molecule has 0 atom stereocenters. The van der Waals surface area contributed by atoms with Gasteiger partial charge >= 0.3 is 0 Å². The normalized spacial score (nSPS) is 9.54. The lowest BCUT2D eigenvalue weighted by Gasteiger charge is -1.97. The van der Waals surface area contributed by atoms with Gasteiger partial charge in [0.2, 0.25) is 0 Å². The van der Waals surface area contributed by atoms with Crippen LogP contribution in [0, 0.1) is 0 Å². The minimum Gasteiger partial charge on any atom is -0.161 e. The van der Waals surface area contributed by atoms with Crippen molar-refractivity contribution >= 4 is 11.8 Å². The molecule has 76 valence electrons. The predicted molar refractivity (Wildman–Crippen MR) is 65.4 cm³/mol. The van der Waals surface area contributed by atoms with Crippen LogP contribution >= 0.6 is 11.8 Å². The van der Waals surface area contributed by atoms with Gasteiger partial charge in [-0.3, -0.25) is 0 Å². The molecule has 0 heterocycles. The molecule has 0 spiro atoms. The summed E-state index contributed by atoms with van der Waals surface area (Å²) in [5, 5.41) is 0. The summed E-state index contributed by atoms with van der Waals surface area (Å²) < 4.78 is 0. The van der Waals surface area contributed by atoms with Crippen LogP contribution in [0.3, 0.4) is 0 Å². The van der Waals surface area contributed by atoms with Gasteiger partial charge in [-0.1, -0.05) is 23.3 Å². The smallest absolute Gasteiger partial charge is 0.00327 e. The number of rotatable bonds is 6. The van der Waals surface area contributed by atoms with Crippen molar-refractivity contribution in [3.05, 3.63) is 23.3 Å². The maximum absolute atomic E-state index is 2.31. The zero-order chi connectivity index (χ0) is 10.1. The van der Waals surface area contributed by atoms with Gasteiger partial charge in [0, 0.05) is 0 Å². The highest BCUT2D eigenvalue weighted by molar-refractivity contribution is 7.99. The van der Waals surface area contributed by atoms with E-state index in [9.17, 15) is 0 Å². The Morgan fingerprint density at radius 2 is 1.23 bits per heavy atom. The lowest BCUT2D eigenvalue weighted by Crippen LogP contribution is -1.81. The molecule has 0 saturated heterocycles. The van der Waals surface area contributed by atoms with Crippen LogP contribution in [0.2, 0.25) is 0 Å². The van der Waals surface area contributed by atoms with Gasteiger partial charge in [0.05, 0.1) is 0 Å². The second-order valence-electron chi connectivity index (χ2n) is 3.75. The molecule has 0 rings (SSSR count). The number of hydrogen-bond acceptors (Lipinski definition) is 1. The Bertz CT molecular complexity index is 150. The molecule has 0 aliphatic carbocycles. The topological polar surface area (TPSA) is 0 Å². The van der Waals surface area contributed by atoms with Gasteiger partial charge in [-0.05, 0) is 52.0 Å². The van der Waals surface area contributed by atoms with E-state index in [-0.39, 0.29) is 0 Å². The van der Waals surface area contributed by atoms with Crippen molar-refractivity contribution in [1.29, 1.82) is 0 Å². The molecule has 0 aliphatic heterocycles. The monoisotopic (exact) mass is 198 g/mol. The minimum absolute atomic E-state index is 1.22. The molecule has 0 aromatic carbocycles. The summed E-state index contributed by atoms with van der Waals surface area (Å²) in [7, 11) is 0. The zero-order valence-corrected chi connectivity index (χ0v) is 10.2. The average Bonchev–Trinajstić information content (AvgIpc) is 2.01. The maximum Gasteiger partial charge on any atom is -0.00327 e. The SMILES string of the molecule is CC(C)=CCCSCCC=C(C)C. The second-order valence-corrected chi connectivity index (χ2v) is 4.98. The van der Waals surface area contributed by atoms with E-state index >= 15 is 0 Å². The molecule has 0 aliphatic rings. The predicted octanol–water partition coefficient (Wildman–Crippen LogP) is 4.43. The Morgan fingerprint density at radius 3 is 1.54 bits per heavy atom. The van der Waals surface area contributed by atoms with Gasteiger partial charge in [0.1, 0.15) is 0 Å². The van der Waals surface area contributed by atoms with Crippen molar-refractivity contribution < 1.29 is 0 Å². The minimum atomic E-state index is 1.22. The van der Waals surface area contributed by atoms with E-state index in [1.54, 1.807) is 0 Å². The molecule has 0 amide bonds. The van der Waals surface area contributed by atoms with E-state index in [4.69, 9.17) is 0 Å². The number of hydrogen-bond donors (Lipinski definition) is 0. The van der Waals surface area contributed by atoms with Gasteiger partial charge in [0.25, 0.3) is 0 Å². The molecule has 0 nitrogen and oxygen atoms in total. The van der Waals surface area contributed by atoms with E-state index < -0.39 is 0 Å². The third-order valence-electron chi connectivity index (χ3n) is 1.63. The molecule has 0 bridgehead atoms. The molecular weight excluding hydrogens is 176 g/mol. The van der Waals surface area contributed by atoms with E-state index in [1.807, 2.05) is 11.8 Å². The van der Waals surface area contributed by atoms with Crippen molar-refractivity contribution in [2.45, 2.75) is 40.5 Å². The Kier molecular flexibility index (Phi) is 8.32. The van der Waals surface area contributed by atoms with Crippen LogP contribution in [0.5, 0.6) is 0 Å². The first-order chi connectivity index (χ1) is 6.13. The van der Waals surface area contributed by atoms with Crippen LogP contribution in [-0.2, 0) is 0 Å². The van der Waals surface area contributed by atoms with Crippen molar-refractivity contribution in [2.24, 2.45) is 0 Å². The Balaban J connectivity index is 3.18. The Labute approximate surface area is 87.5 Å². The van der Waals surface area contributed by atoms with E-state index in [0.717, 1.165) is 0 Å². The van der Waals surface area contributed by atoms with Crippen molar-refractivity contribution in [3.8, 4) is 0 Å². The fourth-order valence-electron chi connectivity index (χ4n) is 0.964. The van der Waals surface area contributed by atoms with Gasteiger partial charge in [-0.25, -0.2) is 0 Å². The molecule has 0 saturated carbocycles. The number of allylic oxidation sites excluding steroid dienone is 4. The standard InChI is InChI=1S/C12H22S/c1-11(2)7-5-9-13-10-6-8-12(3)4/h7-8H,5-6,9-10H2,1-4H3. The summed E-state index contributed by atoms with van der Waals surface area (Å²) in [6, 6.07) is 0. The quantitative estimate of drug-likeness (QED) is 0.449. The van der Waals surface area contributed by atoms with Gasteiger partial charge in [-0.2, -0.15) is 11.8 Å². The van der Waals surface area contributed by atoms with Gasteiger partial charge in [-0.15, -0.1) is 0 Å². The largest absolute Gasteiger partial charge is 0.161 e. The molecule has 1 heteroatoms. The molecule has 0 aromatic rings. The summed E-state index contributed by atoms with van der Waals surface area (Å²) in [4.78, 5) is 0. The summed E-state index contributed by atoms with van der Waals surface area (Å²) in [6.07, 6.45) is 7.07. The first-order valence-electron chi connectivity index (χ1n) is 4.97. The zero-order valence-electron chi connectivity index (χ0n) is 9.39. The van der Waals surface area contributed by atoms with Gasteiger partial charge in [0.15, 0.2) is 0 Å². The van der Waals surface area contributed by atoms with E-state index in [2.05, 4.69) is 39.8 Å². The third kappa shape index (κ3) is 11.8. The van der Waals surface area contributed by atoms with Crippen molar-refractivity contribution in [3.63, 3.8) is 0 Å². The summed E-state index contributed by atoms with van der Waals surface area (Å²) in [5.74, 6) is 2.53. The highest BCUT2D eigenvalue weighted by Crippen LogP contribution is 2.07. The first kappa shape index (κ1) is 12.8. The molecule has 0 N–H and O–H groups in total. The molecular formula is C12H22S. The highest BCUT2D eigenvalue weighted by atomic mass is 32.2. The maximum atomic E-state index is 2.31. The van der Waals surface area contributed by atoms with Crippen LogP contribution in [0.15, 0.2) is 23.3 Å². The van der Waals surface area contributed by atoms with Crippen LogP contribution < -0.4 is 0 Å². The van der Waals surface area contributed by atoms with E-state index in [1.165, 1.54) is 35.5 Å². The molecule has 0 fully saturated rings. The second kappa shape index (κ2) is 8.43. The van der Waals surface area contributed by atoms with Crippen LogP contribution in [-0.4, -0.2) is 11.5 Å². The van der Waals surface area contributed by atoms with E-state index in [0.29, 0.717) is 0 Å². The van der Waals surface area contributed by atoms with Crippen molar-refractivity contribution in [1.82, 2.24) is 0 Å². The molecule has 13 heavy (non-hydrogen) atoms. The molecule has 0 unspecified atom stereocenters. The summed E-state index contributed by atoms with van der Waals surface area (Å²) >= 11 is 2.05. The molecule has 0 aromatic heterocycles. The fraction of sp³-hybridized carbons (Fsp3) is 0.667. The number of thioether (sulfide) groups is 1. The summed E-state index contributed by atoms with van der Waals surface area (Å²) in [5.41, 5.74) is 2.87. The molecule has 0 radical (unpaired) electrons. The lowest BCUT2D eigenvalue weighted by atomic mass is 10.3. The lowest BCUT2D eigenvalue weighted by molar-refractivity contribution is 1.16. The van der Waals surface area contributed by atoms with Crippen LogP contribution in [0.4, 0.5) is 0 Å². The Morgan fingerprint density at radius 1 is 0.846 bits per heavy atom. The Hall–Kier alpha value is -0.170.